The van der Waals surface area contributed by atoms with Crippen molar-refractivity contribution in [3.8, 4) is 0 Å². The van der Waals surface area contributed by atoms with E-state index in [0.29, 0.717) is 25.8 Å². The molecule has 0 saturated heterocycles. The predicted octanol–water partition coefficient (Wildman–Crippen LogP) is 4.94. The number of hydrogen-bond acceptors (Lipinski definition) is 3. The van der Waals surface area contributed by atoms with Crippen LogP contribution in [0.25, 0.3) is 0 Å². The fraction of sp³-hybridized carbons (Fsp3) is 0.818. The Bertz CT molecular complexity index is 397. The molecule has 5 heteroatoms. The van der Waals surface area contributed by atoms with Crippen LogP contribution in [0.5, 0.6) is 0 Å². The van der Waals surface area contributed by atoms with Gasteiger partial charge < -0.3 is 16.2 Å². The third-order valence-corrected chi connectivity index (χ3v) is 4.78. The van der Waals surface area contributed by atoms with Gasteiger partial charge in [0.25, 0.3) is 0 Å². The number of amides is 1. The number of hydrogen-bond donors (Lipinski definition) is 3. The molecule has 0 unspecified atom stereocenters. The lowest BCUT2D eigenvalue weighted by molar-refractivity contribution is -0.138. The SMILES string of the molecule is CCCCCCCCCCCC/C=C/CC(=O)NCCCC[C@H](N)C(=O)O. The normalized spacial score (nSPS) is 12.4. The second-order valence-electron chi connectivity index (χ2n) is 7.44. The zero-order chi connectivity index (χ0) is 20.2. The Balaban J connectivity index is 3.33. The maximum atomic E-state index is 11.7. The third-order valence-electron chi connectivity index (χ3n) is 4.78. The largest absolute Gasteiger partial charge is 0.480 e. The quantitative estimate of drug-likeness (QED) is 0.218. The number of nitrogens with two attached hydrogens (primary N) is 1. The Labute approximate surface area is 166 Å². The van der Waals surface area contributed by atoms with Gasteiger partial charge in [0.2, 0.25) is 5.91 Å². The molecule has 158 valence electrons. The van der Waals surface area contributed by atoms with E-state index in [9.17, 15) is 9.59 Å². The number of unbranched alkanes of at least 4 members (excludes halogenated alkanes) is 11. The smallest absolute Gasteiger partial charge is 0.320 e. The first kappa shape index (κ1) is 25.6. The van der Waals surface area contributed by atoms with Gasteiger partial charge in [0, 0.05) is 13.0 Å². The summed E-state index contributed by atoms with van der Waals surface area (Å²) in [6, 6.07) is -0.797. The van der Waals surface area contributed by atoms with E-state index >= 15 is 0 Å². The minimum atomic E-state index is -0.966. The van der Waals surface area contributed by atoms with Crippen LogP contribution in [-0.4, -0.2) is 29.6 Å². The lowest BCUT2D eigenvalue weighted by Gasteiger charge is -2.06. The molecular formula is C22H42N2O3. The topological polar surface area (TPSA) is 92.4 Å². The number of rotatable bonds is 19. The van der Waals surface area contributed by atoms with Gasteiger partial charge in [-0.15, -0.1) is 0 Å². The molecule has 27 heavy (non-hydrogen) atoms. The summed E-state index contributed by atoms with van der Waals surface area (Å²) in [5.74, 6) is -0.941. The number of allylic oxidation sites excluding steroid dienone is 1. The highest BCUT2D eigenvalue weighted by molar-refractivity contribution is 5.77. The van der Waals surface area contributed by atoms with Crippen LogP contribution in [0.15, 0.2) is 12.2 Å². The van der Waals surface area contributed by atoms with E-state index in [1.807, 2.05) is 6.08 Å². The van der Waals surface area contributed by atoms with E-state index in [1.165, 1.54) is 64.2 Å². The molecule has 0 rings (SSSR count). The van der Waals surface area contributed by atoms with Gasteiger partial charge in [-0.25, -0.2) is 0 Å². The summed E-state index contributed by atoms with van der Waals surface area (Å²) in [5.41, 5.74) is 5.42. The summed E-state index contributed by atoms with van der Waals surface area (Å²) in [4.78, 5) is 22.2. The molecule has 0 aromatic carbocycles. The van der Waals surface area contributed by atoms with Gasteiger partial charge in [-0.1, -0.05) is 76.9 Å². The highest BCUT2D eigenvalue weighted by atomic mass is 16.4. The van der Waals surface area contributed by atoms with Gasteiger partial charge >= 0.3 is 5.97 Å². The fourth-order valence-electron chi connectivity index (χ4n) is 2.97. The van der Waals surface area contributed by atoms with E-state index in [1.54, 1.807) is 0 Å². The highest BCUT2D eigenvalue weighted by Crippen LogP contribution is 2.11. The molecule has 0 aliphatic heterocycles. The summed E-state index contributed by atoms with van der Waals surface area (Å²) in [6.07, 6.45) is 20.9. The van der Waals surface area contributed by atoms with Crippen LogP contribution in [0.3, 0.4) is 0 Å². The van der Waals surface area contributed by atoms with Crippen molar-refractivity contribution in [2.45, 2.75) is 109 Å². The first-order valence-electron chi connectivity index (χ1n) is 11.0. The van der Waals surface area contributed by atoms with Crippen molar-refractivity contribution in [2.75, 3.05) is 6.54 Å². The molecule has 1 amide bonds. The van der Waals surface area contributed by atoms with Crippen molar-refractivity contribution in [3.63, 3.8) is 0 Å². The van der Waals surface area contributed by atoms with Gasteiger partial charge in [-0.05, 0) is 32.1 Å². The number of carboxylic acids is 1. The van der Waals surface area contributed by atoms with Crippen molar-refractivity contribution in [1.29, 1.82) is 0 Å². The molecule has 1 atom stereocenters. The van der Waals surface area contributed by atoms with E-state index in [4.69, 9.17) is 10.8 Å². The lowest BCUT2D eigenvalue weighted by Crippen LogP contribution is -2.30. The van der Waals surface area contributed by atoms with E-state index in [-0.39, 0.29) is 5.91 Å². The molecule has 0 aromatic heterocycles. The average molecular weight is 383 g/mol. The minimum Gasteiger partial charge on any atom is -0.480 e. The molecule has 0 radical (unpaired) electrons. The molecule has 0 aliphatic rings. The summed E-state index contributed by atoms with van der Waals surface area (Å²) in [5, 5.41) is 11.5. The predicted molar refractivity (Wildman–Crippen MR) is 113 cm³/mol. The van der Waals surface area contributed by atoms with Gasteiger partial charge in [0.1, 0.15) is 6.04 Å². The molecule has 0 aromatic rings. The van der Waals surface area contributed by atoms with Crippen molar-refractivity contribution < 1.29 is 14.7 Å². The molecular weight excluding hydrogens is 340 g/mol. The second kappa shape index (κ2) is 19.4. The Morgan fingerprint density at radius 3 is 2.07 bits per heavy atom. The monoisotopic (exact) mass is 382 g/mol. The second-order valence-corrected chi connectivity index (χ2v) is 7.44. The number of aliphatic carboxylic acids is 1. The molecule has 0 saturated carbocycles. The highest BCUT2D eigenvalue weighted by Gasteiger charge is 2.09. The zero-order valence-electron chi connectivity index (χ0n) is 17.4. The Morgan fingerprint density at radius 2 is 1.48 bits per heavy atom. The number of nitrogens with one attached hydrogen (secondary N) is 1. The first-order chi connectivity index (χ1) is 13.1. The van der Waals surface area contributed by atoms with Crippen LogP contribution in [0.4, 0.5) is 0 Å². The number of carbonyl (C=O) groups excluding carboxylic acids is 1. The number of carboxylic acid groups (broad SMARTS) is 1. The van der Waals surface area contributed by atoms with Crippen LogP contribution in [-0.2, 0) is 9.59 Å². The molecule has 0 aliphatic carbocycles. The summed E-state index contributed by atoms with van der Waals surface area (Å²) in [6.45, 7) is 2.84. The van der Waals surface area contributed by atoms with Crippen molar-refractivity contribution in [1.82, 2.24) is 5.32 Å². The maximum Gasteiger partial charge on any atom is 0.320 e. The third kappa shape index (κ3) is 19.2. The molecule has 0 spiro atoms. The van der Waals surface area contributed by atoms with Crippen LogP contribution in [0, 0.1) is 0 Å². The maximum absolute atomic E-state index is 11.7. The van der Waals surface area contributed by atoms with Crippen molar-refractivity contribution >= 4 is 11.9 Å². The minimum absolute atomic E-state index is 0.0249. The zero-order valence-corrected chi connectivity index (χ0v) is 17.4. The summed E-state index contributed by atoms with van der Waals surface area (Å²) >= 11 is 0. The van der Waals surface area contributed by atoms with Crippen LogP contribution < -0.4 is 11.1 Å². The molecule has 0 fully saturated rings. The Morgan fingerprint density at radius 1 is 0.889 bits per heavy atom. The van der Waals surface area contributed by atoms with E-state index < -0.39 is 12.0 Å². The first-order valence-corrected chi connectivity index (χ1v) is 11.0. The number of carbonyl (C=O) groups is 2. The molecule has 5 nitrogen and oxygen atoms in total. The van der Waals surface area contributed by atoms with Crippen LogP contribution in [0.1, 0.15) is 103 Å². The lowest BCUT2D eigenvalue weighted by atomic mass is 10.1. The molecule has 0 bridgehead atoms. The fourth-order valence-corrected chi connectivity index (χ4v) is 2.97. The van der Waals surface area contributed by atoms with Gasteiger partial charge in [-0.3, -0.25) is 9.59 Å². The average Bonchev–Trinajstić information content (AvgIpc) is 2.64. The van der Waals surface area contributed by atoms with Crippen LogP contribution >= 0.6 is 0 Å². The van der Waals surface area contributed by atoms with Crippen LogP contribution in [0.2, 0.25) is 0 Å². The summed E-state index contributed by atoms with van der Waals surface area (Å²) < 4.78 is 0. The molecule has 4 N–H and O–H groups in total. The standard InChI is InChI=1S/C22H42N2O3/c1-2-3-4-5-6-7-8-9-10-11-12-13-14-18-21(25)24-19-16-15-17-20(23)22(26)27/h13-14,20H,2-12,15-19,23H2,1H3,(H,24,25)(H,26,27)/b14-13+/t20-/m0/s1. The van der Waals surface area contributed by atoms with E-state index in [2.05, 4.69) is 18.3 Å². The Kier molecular flexibility index (Phi) is 18.4. The van der Waals surface area contributed by atoms with Gasteiger partial charge in [-0.2, -0.15) is 0 Å². The van der Waals surface area contributed by atoms with E-state index in [0.717, 1.165) is 12.8 Å². The van der Waals surface area contributed by atoms with Crippen molar-refractivity contribution in [3.05, 3.63) is 12.2 Å². The van der Waals surface area contributed by atoms with Gasteiger partial charge in [0.15, 0.2) is 0 Å². The van der Waals surface area contributed by atoms with Gasteiger partial charge in [0.05, 0.1) is 0 Å². The summed E-state index contributed by atoms with van der Waals surface area (Å²) in [7, 11) is 0. The molecule has 0 heterocycles. The Hall–Kier alpha value is -1.36. The van der Waals surface area contributed by atoms with Crippen molar-refractivity contribution in [2.24, 2.45) is 5.73 Å².